The lowest BCUT2D eigenvalue weighted by Gasteiger charge is -2.34. The van der Waals surface area contributed by atoms with Crippen molar-refractivity contribution in [2.24, 2.45) is 5.92 Å². The Bertz CT molecular complexity index is 500. The Hall–Kier alpha value is -1.17. The van der Waals surface area contributed by atoms with Crippen LogP contribution in [0, 0.1) is 11.7 Å². The second kappa shape index (κ2) is 7.20. The zero-order valence-corrected chi connectivity index (χ0v) is 12.7. The molecule has 2 heterocycles. The molecule has 2 aliphatic rings. The smallest absolute Gasteiger partial charge is 0.238 e. The van der Waals surface area contributed by atoms with Gasteiger partial charge in [0.25, 0.3) is 0 Å². The molecule has 1 aromatic carbocycles. The van der Waals surface area contributed by atoms with Crippen LogP contribution in [0.25, 0.3) is 0 Å². The average molecular weight is 314 g/mol. The molecule has 4 nitrogen and oxygen atoms in total. The fourth-order valence-electron chi connectivity index (χ4n) is 3.22. The van der Waals surface area contributed by atoms with Gasteiger partial charge in [-0.25, -0.2) is 4.39 Å². The van der Waals surface area contributed by atoms with Gasteiger partial charge in [0.15, 0.2) is 0 Å². The van der Waals surface area contributed by atoms with Crippen LogP contribution in [0.4, 0.5) is 10.1 Å². The highest BCUT2D eigenvalue weighted by atomic mass is 35.5. The van der Waals surface area contributed by atoms with Gasteiger partial charge in [0.1, 0.15) is 5.82 Å². The van der Waals surface area contributed by atoms with Crippen LogP contribution in [0.1, 0.15) is 12.8 Å². The minimum absolute atomic E-state index is 0. The van der Waals surface area contributed by atoms with E-state index in [9.17, 15) is 9.18 Å². The number of carbonyl (C=O) groups is 1. The highest BCUT2D eigenvalue weighted by Crippen LogP contribution is 2.24. The number of anilines is 1. The van der Waals surface area contributed by atoms with Crippen LogP contribution in [0.5, 0.6) is 0 Å². The van der Waals surface area contributed by atoms with E-state index in [0.29, 0.717) is 18.5 Å². The molecule has 2 fully saturated rings. The molecule has 116 valence electrons. The maximum absolute atomic E-state index is 13.5. The van der Waals surface area contributed by atoms with Crippen LogP contribution >= 0.6 is 12.4 Å². The van der Waals surface area contributed by atoms with Crippen molar-refractivity contribution < 1.29 is 9.18 Å². The molecule has 0 bridgehead atoms. The summed E-state index contributed by atoms with van der Waals surface area (Å²) in [6.07, 6.45) is 2.29. The number of nitrogens with one attached hydrogen (secondary N) is 2. The van der Waals surface area contributed by atoms with Crippen LogP contribution in [0.15, 0.2) is 24.3 Å². The van der Waals surface area contributed by atoms with Crippen LogP contribution in [-0.4, -0.2) is 43.0 Å². The first-order chi connectivity index (χ1) is 9.72. The van der Waals surface area contributed by atoms with Gasteiger partial charge >= 0.3 is 0 Å². The van der Waals surface area contributed by atoms with Gasteiger partial charge in [-0.3, -0.25) is 9.69 Å². The predicted octanol–water partition coefficient (Wildman–Crippen LogP) is 1.87. The lowest BCUT2D eigenvalue weighted by molar-refractivity contribution is -0.117. The van der Waals surface area contributed by atoms with Crippen molar-refractivity contribution >= 4 is 24.0 Å². The quantitative estimate of drug-likeness (QED) is 0.895. The fourth-order valence-corrected chi connectivity index (χ4v) is 3.22. The third kappa shape index (κ3) is 3.93. The van der Waals surface area contributed by atoms with Crippen molar-refractivity contribution in [3.63, 3.8) is 0 Å². The highest BCUT2D eigenvalue weighted by molar-refractivity contribution is 5.92. The topological polar surface area (TPSA) is 44.4 Å². The van der Waals surface area contributed by atoms with Crippen LogP contribution in [0.3, 0.4) is 0 Å². The number of halogens is 2. The summed E-state index contributed by atoms with van der Waals surface area (Å²) < 4.78 is 13.5. The fraction of sp³-hybridized carbons (Fsp3) is 0.533. The molecule has 21 heavy (non-hydrogen) atoms. The number of carbonyl (C=O) groups excluding carboxylic acids is 1. The minimum atomic E-state index is -0.389. The Kier molecular flexibility index (Phi) is 5.56. The first-order valence-electron chi connectivity index (χ1n) is 7.22. The number of hydrogen-bond donors (Lipinski definition) is 2. The Labute approximate surface area is 130 Å². The molecule has 2 aliphatic heterocycles. The summed E-state index contributed by atoms with van der Waals surface area (Å²) in [6.45, 7) is 3.32. The van der Waals surface area contributed by atoms with Gasteiger partial charge in [-0.05, 0) is 37.4 Å². The lowest BCUT2D eigenvalue weighted by Crippen LogP contribution is -2.46. The van der Waals surface area contributed by atoms with Gasteiger partial charge in [-0.2, -0.15) is 0 Å². The molecule has 2 unspecified atom stereocenters. The summed E-state index contributed by atoms with van der Waals surface area (Å²) in [5, 5.41) is 6.15. The molecule has 6 heteroatoms. The number of fused-ring (bicyclic) bond motifs is 1. The van der Waals surface area contributed by atoms with Gasteiger partial charge < -0.3 is 10.6 Å². The summed E-state index contributed by atoms with van der Waals surface area (Å²) in [5.74, 6) is 0.129. The Morgan fingerprint density at radius 1 is 1.38 bits per heavy atom. The standard InChI is InChI=1S/C15H20FN3O.ClH/c16-12-3-1-2-4-14(12)18-15(20)10-19-8-6-13-11(9-19)5-7-17-13;/h1-4,11,13,17H,5-10H2,(H,18,20);1H. The molecular weight excluding hydrogens is 293 g/mol. The van der Waals surface area contributed by atoms with Crippen molar-refractivity contribution in [3.05, 3.63) is 30.1 Å². The molecule has 1 amide bonds. The molecule has 2 atom stereocenters. The van der Waals surface area contributed by atoms with Crippen molar-refractivity contribution in [2.75, 3.05) is 31.5 Å². The predicted molar refractivity (Wildman–Crippen MR) is 83.2 cm³/mol. The number of nitrogens with zero attached hydrogens (tertiary/aromatic N) is 1. The highest BCUT2D eigenvalue weighted by Gasteiger charge is 2.32. The zero-order chi connectivity index (χ0) is 13.9. The molecule has 2 saturated heterocycles. The summed E-state index contributed by atoms with van der Waals surface area (Å²) in [5.41, 5.74) is 0.259. The molecule has 0 spiro atoms. The summed E-state index contributed by atoms with van der Waals surface area (Å²) >= 11 is 0. The van der Waals surface area contributed by atoms with Crippen molar-refractivity contribution in [2.45, 2.75) is 18.9 Å². The van der Waals surface area contributed by atoms with Gasteiger partial charge in [-0.1, -0.05) is 12.1 Å². The molecular formula is C15H21ClFN3O. The van der Waals surface area contributed by atoms with Gasteiger partial charge in [0.2, 0.25) is 5.91 Å². The van der Waals surface area contributed by atoms with E-state index >= 15 is 0 Å². The second-order valence-corrected chi connectivity index (χ2v) is 5.66. The molecule has 0 saturated carbocycles. The van der Waals surface area contributed by atoms with Gasteiger partial charge in [0, 0.05) is 19.1 Å². The van der Waals surface area contributed by atoms with E-state index in [1.807, 2.05) is 0 Å². The number of benzene rings is 1. The molecule has 2 N–H and O–H groups in total. The minimum Gasteiger partial charge on any atom is -0.322 e. The third-order valence-electron chi connectivity index (χ3n) is 4.25. The first-order valence-corrected chi connectivity index (χ1v) is 7.22. The number of likely N-dealkylation sites (tertiary alicyclic amines) is 1. The molecule has 0 aromatic heterocycles. The van der Waals surface area contributed by atoms with Crippen molar-refractivity contribution in [3.8, 4) is 0 Å². The zero-order valence-electron chi connectivity index (χ0n) is 11.8. The Morgan fingerprint density at radius 3 is 3.00 bits per heavy atom. The maximum atomic E-state index is 13.5. The number of rotatable bonds is 3. The van der Waals surface area contributed by atoms with Crippen LogP contribution in [-0.2, 0) is 4.79 Å². The normalized spacial score (nSPS) is 25.0. The van der Waals surface area contributed by atoms with Crippen molar-refractivity contribution in [1.29, 1.82) is 0 Å². The largest absolute Gasteiger partial charge is 0.322 e. The number of piperidine rings is 1. The molecule has 0 aliphatic carbocycles. The monoisotopic (exact) mass is 313 g/mol. The maximum Gasteiger partial charge on any atom is 0.238 e. The number of amides is 1. The summed E-state index contributed by atoms with van der Waals surface area (Å²) in [4.78, 5) is 14.2. The Balaban J connectivity index is 0.00000161. The van der Waals surface area contributed by atoms with Gasteiger partial charge in [-0.15, -0.1) is 12.4 Å². The first kappa shape index (κ1) is 16.2. The Morgan fingerprint density at radius 2 is 2.19 bits per heavy atom. The van der Waals surface area contributed by atoms with Crippen molar-refractivity contribution in [1.82, 2.24) is 10.2 Å². The van der Waals surface area contributed by atoms with Crippen LogP contribution < -0.4 is 10.6 Å². The van der Waals surface area contributed by atoms with E-state index < -0.39 is 0 Å². The van der Waals surface area contributed by atoms with E-state index in [4.69, 9.17) is 0 Å². The van der Waals surface area contributed by atoms with E-state index in [0.717, 1.165) is 26.1 Å². The van der Waals surface area contributed by atoms with Crippen LogP contribution in [0.2, 0.25) is 0 Å². The second-order valence-electron chi connectivity index (χ2n) is 5.66. The molecule has 1 aromatic rings. The van der Waals surface area contributed by atoms with E-state index in [1.54, 1.807) is 18.2 Å². The SMILES string of the molecule is Cl.O=C(CN1CCC2NCCC2C1)Nc1ccccc1F. The average Bonchev–Trinajstić information content (AvgIpc) is 2.89. The lowest BCUT2D eigenvalue weighted by atomic mass is 9.93. The third-order valence-corrected chi connectivity index (χ3v) is 4.25. The van der Waals surface area contributed by atoms with E-state index in [-0.39, 0.29) is 29.8 Å². The summed E-state index contributed by atoms with van der Waals surface area (Å²) in [6, 6.07) is 6.89. The summed E-state index contributed by atoms with van der Waals surface area (Å²) in [7, 11) is 0. The van der Waals surface area contributed by atoms with E-state index in [2.05, 4.69) is 15.5 Å². The van der Waals surface area contributed by atoms with E-state index in [1.165, 1.54) is 12.5 Å². The molecule has 3 rings (SSSR count). The van der Waals surface area contributed by atoms with Gasteiger partial charge in [0.05, 0.1) is 12.2 Å². The molecule has 0 radical (unpaired) electrons. The number of para-hydroxylation sites is 1. The number of hydrogen-bond acceptors (Lipinski definition) is 3.